The van der Waals surface area contributed by atoms with E-state index in [0.29, 0.717) is 42.3 Å². The first kappa shape index (κ1) is 26.7. The lowest BCUT2D eigenvalue weighted by molar-refractivity contribution is -0.116. The van der Waals surface area contributed by atoms with Crippen molar-refractivity contribution < 1.29 is 19.1 Å². The van der Waals surface area contributed by atoms with E-state index in [4.69, 9.17) is 21.7 Å². The normalized spacial score (nSPS) is 10.2. The predicted octanol–water partition coefficient (Wildman–Crippen LogP) is 5.79. The molecule has 0 aliphatic heterocycles. The van der Waals surface area contributed by atoms with Gasteiger partial charge in [-0.3, -0.25) is 14.9 Å². The maximum atomic E-state index is 12.6. The van der Waals surface area contributed by atoms with Crippen molar-refractivity contribution in [2.24, 2.45) is 0 Å². The van der Waals surface area contributed by atoms with E-state index in [1.807, 2.05) is 36.4 Å². The lowest BCUT2D eigenvalue weighted by Gasteiger charge is -2.12. The fourth-order valence-corrected chi connectivity index (χ4v) is 3.52. The molecule has 0 spiro atoms. The molecule has 7 nitrogen and oxygen atoms in total. The van der Waals surface area contributed by atoms with Crippen LogP contribution in [0.15, 0.2) is 78.9 Å². The van der Waals surface area contributed by atoms with Gasteiger partial charge in [0.25, 0.3) is 5.91 Å². The summed E-state index contributed by atoms with van der Waals surface area (Å²) in [4.78, 5) is 24.6. The van der Waals surface area contributed by atoms with Gasteiger partial charge in [0.05, 0.1) is 0 Å². The molecular formula is C28H31N3O4S. The SMILES string of the molecule is CCCCCC(=O)Nc1cccc(NC(=S)NC(=O)c2ccc(OCCOc3ccccc3)cc2)c1. The Bertz CT molecular complexity index is 1140. The highest BCUT2D eigenvalue weighted by atomic mass is 32.1. The highest BCUT2D eigenvalue weighted by molar-refractivity contribution is 7.80. The summed E-state index contributed by atoms with van der Waals surface area (Å²) >= 11 is 5.28. The Kier molecular flexibility index (Phi) is 10.7. The van der Waals surface area contributed by atoms with Gasteiger partial charge in [-0.2, -0.15) is 0 Å². The Balaban J connectivity index is 1.42. The summed E-state index contributed by atoms with van der Waals surface area (Å²) in [7, 11) is 0. The first-order valence-electron chi connectivity index (χ1n) is 12.0. The molecular weight excluding hydrogens is 474 g/mol. The number of ether oxygens (including phenoxy) is 2. The minimum Gasteiger partial charge on any atom is -0.490 e. The molecule has 0 unspecified atom stereocenters. The fraction of sp³-hybridized carbons (Fsp3) is 0.250. The van der Waals surface area contributed by atoms with E-state index in [1.165, 1.54) is 0 Å². The van der Waals surface area contributed by atoms with Gasteiger partial charge in [0.1, 0.15) is 24.7 Å². The molecule has 8 heteroatoms. The number of nitrogens with one attached hydrogen (secondary N) is 3. The molecule has 3 N–H and O–H groups in total. The largest absolute Gasteiger partial charge is 0.490 e. The Morgan fingerprint density at radius 1 is 0.778 bits per heavy atom. The lowest BCUT2D eigenvalue weighted by atomic mass is 10.2. The van der Waals surface area contributed by atoms with E-state index >= 15 is 0 Å². The summed E-state index contributed by atoms with van der Waals surface area (Å²) in [6.45, 7) is 2.89. The number of rotatable bonds is 12. The smallest absolute Gasteiger partial charge is 0.257 e. The number of hydrogen-bond donors (Lipinski definition) is 3. The van der Waals surface area contributed by atoms with Crippen molar-refractivity contribution in [2.45, 2.75) is 32.6 Å². The Morgan fingerprint density at radius 3 is 2.08 bits per heavy atom. The van der Waals surface area contributed by atoms with Crippen molar-refractivity contribution in [3.8, 4) is 11.5 Å². The van der Waals surface area contributed by atoms with Crippen LogP contribution in [0.4, 0.5) is 11.4 Å². The molecule has 188 valence electrons. The van der Waals surface area contributed by atoms with Gasteiger partial charge in [0.2, 0.25) is 5.91 Å². The van der Waals surface area contributed by atoms with Crippen molar-refractivity contribution in [2.75, 3.05) is 23.8 Å². The first-order chi connectivity index (χ1) is 17.5. The third-order valence-corrected chi connectivity index (χ3v) is 5.32. The van der Waals surface area contributed by atoms with Crippen LogP contribution < -0.4 is 25.4 Å². The number of anilines is 2. The Hall–Kier alpha value is -3.91. The minimum atomic E-state index is -0.341. The van der Waals surface area contributed by atoms with Gasteiger partial charge < -0.3 is 20.1 Å². The predicted molar refractivity (Wildman–Crippen MR) is 147 cm³/mol. The third kappa shape index (κ3) is 9.38. The second-order valence-corrected chi connectivity index (χ2v) is 8.44. The maximum absolute atomic E-state index is 12.6. The topological polar surface area (TPSA) is 88.7 Å². The van der Waals surface area contributed by atoms with Crippen LogP contribution in [0.5, 0.6) is 11.5 Å². The minimum absolute atomic E-state index is 0.0207. The van der Waals surface area contributed by atoms with Gasteiger partial charge in [0.15, 0.2) is 5.11 Å². The molecule has 0 bridgehead atoms. The highest BCUT2D eigenvalue weighted by Crippen LogP contribution is 2.16. The van der Waals surface area contributed by atoms with Crippen LogP contribution >= 0.6 is 12.2 Å². The molecule has 0 fully saturated rings. The monoisotopic (exact) mass is 505 g/mol. The number of thiocarbonyl (C=S) groups is 1. The number of para-hydroxylation sites is 1. The third-order valence-electron chi connectivity index (χ3n) is 5.12. The van der Waals surface area contributed by atoms with Crippen molar-refractivity contribution in [1.29, 1.82) is 0 Å². The zero-order chi connectivity index (χ0) is 25.6. The van der Waals surface area contributed by atoms with Crippen LogP contribution in [-0.4, -0.2) is 30.1 Å². The van der Waals surface area contributed by atoms with Crippen molar-refractivity contribution in [3.63, 3.8) is 0 Å². The highest BCUT2D eigenvalue weighted by Gasteiger charge is 2.09. The molecule has 0 saturated carbocycles. The van der Waals surface area contributed by atoms with Gasteiger partial charge in [-0.15, -0.1) is 0 Å². The number of benzene rings is 3. The molecule has 3 aromatic rings. The van der Waals surface area contributed by atoms with E-state index in [9.17, 15) is 9.59 Å². The Morgan fingerprint density at radius 2 is 1.42 bits per heavy atom. The zero-order valence-electron chi connectivity index (χ0n) is 20.3. The van der Waals surface area contributed by atoms with E-state index in [2.05, 4.69) is 22.9 Å². The summed E-state index contributed by atoms with van der Waals surface area (Å²) in [5.74, 6) is 1.06. The molecule has 0 aliphatic carbocycles. The number of unbranched alkanes of at least 4 members (excludes halogenated alkanes) is 2. The van der Waals surface area contributed by atoms with Crippen molar-refractivity contribution in [3.05, 3.63) is 84.4 Å². The standard InChI is InChI=1S/C28H31N3O4S/c1-2-3-5-13-26(32)29-22-9-8-10-23(20-22)30-28(36)31-27(33)21-14-16-25(17-15-21)35-19-18-34-24-11-6-4-7-12-24/h4,6-12,14-17,20H,2-3,5,13,18-19H2,1H3,(H,29,32)(H2,30,31,33,36). The summed E-state index contributed by atoms with van der Waals surface area (Å²) in [5, 5.41) is 8.68. The van der Waals surface area contributed by atoms with Crippen LogP contribution in [0, 0.1) is 0 Å². The molecule has 0 aliphatic rings. The average molecular weight is 506 g/mol. The van der Waals surface area contributed by atoms with Crippen LogP contribution in [0.2, 0.25) is 0 Å². The number of carbonyl (C=O) groups excluding carboxylic acids is 2. The molecule has 0 heterocycles. The van der Waals surface area contributed by atoms with Gasteiger partial charge in [-0.25, -0.2) is 0 Å². The number of carbonyl (C=O) groups is 2. The van der Waals surface area contributed by atoms with Gasteiger partial charge >= 0.3 is 0 Å². The number of amides is 2. The maximum Gasteiger partial charge on any atom is 0.257 e. The second-order valence-electron chi connectivity index (χ2n) is 8.03. The molecule has 0 atom stereocenters. The van der Waals surface area contributed by atoms with E-state index in [0.717, 1.165) is 25.0 Å². The van der Waals surface area contributed by atoms with E-state index in [-0.39, 0.29) is 16.9 Å². The first-order valence-corrected chi connectivity index (χ1v) is 12.4. The van der Waals surface area contributed by atoms with Crippen LogP contribution in [0.1, 0.15) is 43.0 Å². The molecule has 0 aromatic heterocycles. The van der Waals surface area contributed by atoms with Crippen molar-refractivity contribution in [1.82, 2.24) is 5.32 Å². The number of hydrogen-bond acceptors (Lipinski definition) is 5. The fourth-order valence-electron chi connectivity index (χ4n) is 3.31. The molecule has 0 saturated heterocycles. The Labute approximate surface area is 217 Å². The van der Waals surface area contributed by atoms with Gasteiger partial charge in [-0.05, 0) is 73.2 Å². The summed E-state index contributed by atoms with van der Waals surface area (Å²) in [6.07, 6.45) is 3.46. The van der Waals surface area contributed by atoms with Crippen LogP contribution in [-0.2, 0) is 4.79 Å². The van der Waals surface area contributed by atoms with Crippen LogP contribution in [0.3, 0.4) is 0 Å². The van der Waals surface area contributed by atoms with Gasteiger partial charge in [-0.1, -0.05) is 44.0 Å². The van der Waals surface area contributed by atoms with Crippen LogP contribution in [0.25, 0.3) is 0 Å². The molecule has 2 amide bonds. The summed E-state index contributed by atoms with van der Waals surface area (Å²) < 4.78 is 11.3. The molecule has 3 rings (SSSR count). The second kappa shape index (κ2) is 14.5. The van der Waals surface area contributed by atoms with Gasteiger partial charge in [0, 0.05) is 23.4 Å². The molecule has 36 heavy (non-hydrogen) atoms. The average Bonchev–Trinajstić information content (AvgIpc) is 2.88. The van der Waals surface area contributed by atoms with Crippen molar-refractivity contribution >= 4 is 40.5 Å². The molecule has 0 radical (unpaired) electrons. The summed E-state index contributed by atoms with van der Waals surface area (Å²) in [6, 6.07) is 23.5. The summed E-state index contributed by atoms with van der Waals surface area (Å²) in [5.41, 5.74) is 1.77. The van der Waals surface area contributed by atoms with E-state index in [1.54, 1.807) is 42.5 Å². The zero-order valence-corrected chi connectivity index (χ0v) is 21.1. The molecule has 3 aromatic carbocycles. The lowest BCUT2D eigenvalue weighted by Crippen LogP contribution is -2.34. The quantitative estimate of drug-likeness (QED) is 0.213. The van der Waals surface area contributed by atoms with E-state index < -0.39 is 0 Å².